The zero-order valence-electron chi connectivity index (χ0n) is 15.4. The van der Waals surface area contributed by atoms with Crippen molar-refractivity contribution in [2.75, 3.05) is 6.61 Å². The third-order valence-corrected chi connectivity index (χ3v) is 4.80. The molecule has 7 heteroatoms. The molecule has 0 bridgehead atoms. The van der Waals surface area contributed by atoms with Crippen LogP contribution in [-0.4, -0.2) is 35.9 Å². The van der Waals surface area contributed by atoms with Gasteiger partial charge in [-0.1, -0.05) is 62.4 Å². The zero-order chi connectivity index (χ0) is 20.5. The Kier molecular flexibility index (Phi) is 5.36. The Morgan fingerprint density at radius 3 is 2.00 bits per heavy atom. The Bertz CT molecular complexity index is 848. The highest BCUT2D eigenvalue weighted by Gasteiger charge is 2.52. The van der Waals surface area contributed by atoms with Crippen molar-refractivity contribution in [3.63, 3.8) is 0 Å². The number of aliphatic carboxylic acids is 1. The average molecular weight is 390 g/mol. The van der Waals surface area contributed by atoms with Gasteiger partial charge in [0.05, 0.1) is 0 Å². The van der Waals surface area contributed by atoms with E-state index in [-0.39, 0.29) is 12.5 Å². The molecule has 0 fully saturated rings. The van der Waals surface area contributed by atoms with E-state index < -0.39 is 30.1 Å². The smallest absolute Gasteiger partial charge is 0.477 e. The van der Waals surface area contributed by atoms with Crippen molar-refractivity contribution in [1.29, 1.82) is 0 Å². The number of hydrogen-bond donors (Lipinski definition) is 1. The predicted molar refractivity (Wildman–Crippen MR) is 97.4 cm³/mol. The summed E-state index contributed by atoms with van der Waals surface area (Å²) >= 11 is 0. The van der Waals surface area contributed by atoms with E-state index in [9.17, 15) is 18.4 Å². The quantitative estimate of drug-likeness (QED) is 0.724. The molecule has 1 unspecified atom stereocenters. The Balaban J connectivity index is 1.74. The molecular weight excluding hydrogens is 370 g/mol. The molecule has 1 aliphatic carbocycles. The van der Waals surface area contributed by atoms with Gasteiger partial charge in [0.15, 0.2) is 6.10 Å². The lowest BCUT2D eigenvalue weighted by atomic mass is 9.98. The number of ether oxygens (including phenoxy) is 2. The largest absolute Gasteiger partial charge is 0.508 e. The van der Waals surface area contributed by atoms with E-state index in [1.165, 1.54) is 13.8 Å². The van der Waals surface area contributed by atoms with Crippen LogP contribution in [0.15, 0.2) is 48.5 Å². The van der Waals surface area contributed by atoms with Crippen LogP contribution in [0.1, 0.15) is 30.9 Å². The van der Waals surface area contributed by atoms with Gasteiger partial charge in [-0.05, 0) is 28.2 Å². The lowest BCUT2D eigenvalue weighted by Crippen LogP contribution is -2.47. The number of hydrogen-bond acceptors (Lipinski definition) is 4. The van der Waals surface area contributed by atoms with E-state index in [2.05, 4.69) is 4.74 Å². The fourth-order valence-electron chi connectivity index (χ4n) is 3.48. The summed E-state index contributed by atoms with van der Waals surface area (Å²) in [4.78, 5) is 22.8. The molecule has 2 aromatic carbocycles. The van der Waals surface area contributed by atoms with Gasteiger partial charge in [-0.25, -0.2) is 9.59 Å². The summed E-state index contributed by atoms with van der Waals surface area (Å²) in [6.07, 6.45) is -3.44. The minimum absolute atomic E-state index is 0.101. The molecular formula is C21H20F2O5. The highest BCUT2D eigenvalue weighted by atomic mass is 19.3. The first-order valence-corrected chi connectivity index (χ1v) is 8.86. The topological polar surface area (TPSA) is 72.8 Å². The molecule has 0 amide bonds. The monoisotopic (exact) mass is 390 g/mol. The Morgan fingerprint density at radius 1 is 1.04 bits per heavy atom. The van der Waals surface area contributed by atoms with Crippen LogP contribution < -0.4 is 0 Å². The third kappa shape index (κ3) is 3.56. The van der Waals surface area contributed by atoms with Crippen molar-refractivity contribution >= 4 is 12.1 Å². The lowest BCUT2D eigenvalue weighted by Gasteiger charge is -2.26. The number of fused-ring (bicyclic) bond motifs is 3. The molecule has 0 radical (unpaired) electrons. The number of alkyl halides is 2. The normalized spacial score (nSPS) is 14.3. The second kappa shape index (κ2) is 7.58. The number of carbonyl (C=O) groups is 2. The highest BCUT2D eigenvalue weighted by Crippen LogP contribution is 2.44. The van der Waals surface area contributed by atoms with Crippen LogP contribution in [-0.2, 0) is 14.3 Å². The molecule has 28 heavy (non-hydrogen) atoms. The van der Waals surface area contributed by atoms with Crippen molar-refractivity contribution in [2.24, 2.45) is 5.92 Å². The summed E-state index contributed by atoms with van der Waals surface area (Å²) in [5.41, 5.74) is 3.98. The molecule has 2 aromatic rings. The van der Waals surface area contributed by atoms with Crippen LogP contribution in [0.5, 0.6) is 0 Å². The fourth-order valence-corrected chi connectivity index (χ4v) is 3.48. The van der Waals surface area contributed by atoms with Gasteiger partial charge in [-0.15, -0.1) is 0 Å². The van der Waals surface area contributed by atoms with Gasteiger partial charge < -0.3 is 14.6 Å². The number of carboxylic acids is 1. The van der Waals surface area contributed by atoms with Crippen LogP contribution in [0.3, 0.4) is 0 Å². The van der Waals surface area contributed by atoms with Crippen molar-refractivity contribution in [1.82, 2.24) is 0 Å². The van der Waals surface area contributed by atoms with Crippen molar-refractivity contribution in [3.8, 4) is 11.1 Å². The van der Waals surface area contributed by atoms with Gasteiger partial charge in [0.1, 0.15) is 6.61 Å². The summed E-state index contributed by atoms with van der Waals surface area (Å²) in [5.74, 6) is -7.72. The van der Waals surface area contributed by atoms with Crippen molar-refractivity contribution < 1.29 is 33.0 Å². The zero-order valence-corrected chi connectivity index (χ0v) is 15.4. The minimum atomic E-state index is -4.21. The van der Waals surface area contributed by atoms with E-state index in [1.807, 2.05) is 48.5 Å². The first-order chi connectivity index (χ1) is 13.2. The number of carboxylic acid groups (broad SMARTS) is 1. The first-order valence-electron chi connectivity index (χ1n) is 8.86. The second-order valence-corrected chi connectivity index (χ2v) is 7.00. The van der Waals surface area contributed by atoms with Crippen LogP contribution in [0.4, 0.5) is 13.6 Å². The summed E-state index contributed by atoms with van der Waals surface area (Å²) in [5, 5.41) is 8.71. The molecule has 3 rings (SSSR count). The lowest BCUT2D eigenvalue weighted by molar-refractivity contribution is -0.189. The maximum absolute atomic E-state index is 13.8. The van der Waals surface area contributed by atoms with E-state index in [1.54, 1.807) is 0 Å². The van der Waals surface area contributed by atoms with Crippen molar-refractivity contribution in [3.05, 3.63) is 59.7 Å². The Hall–Kier alpha value is -2.96. The van der Waals surface area contributed by atoms with E-state index in [4.69, 9.17) is 9.84 Å². The average Bonchev–Trinajstić information content (AvgIpc) is 2.98. The SMILES string of the molecule is CC(C)C(OC(=O)OCC1c2ccccc2-c2ccccc21)C(F)(F)C(=O)O. The molecule has 1 atom stereocenters. The molecule has 0 aliphatic heterocycles. The number of carbonyl (C=O) groups excluding carboxylic acids is 1. The van der Waals surface area contributed by atoms with Crippen LogP contribution in [0.25, 0.3) is 11.1 Å². The van der Waals surface area contributed by atoms with E-state index >= 15 is 0 Å². The Labute approximate surface area is 160 Å². The predicted octanol–water partition coefficient (Wildman–Crippen LogP) is 4.70. The van der Waals surface area contributed by atoms with Gasteiger partial charge in [0.2, 0.25) is 0 Å². The Morgan fingerprint density at radius 2 is 1.54 bits per heavy atom. The molecule has 0 heterocycles. The van der Waals surface area contributed by atoms with Crippen molar-refractivity contribution in [2.45, 2.75) is 31.8 Å². The molecule has 0 spiro atoms. The molecule has 0 aromatic heterocycles. The highest BCUT2D eigenvalue weighted by molar-refractivity contribution is 5.79. The summed E-state index contributed by atoms with van der Waals surface area (Å²) in [6.45, 7) is 2.59. The van der Waals surface area contributed by atoms with E-state index in [0.29, 0.717) is 0 Å². The maximum Gasteiger partial charge on any atom is 0.508 e. The van der Waals surface area contributed by atoms with Gasteiger partial charge in [0.25, 0.3) is 0 Å². The maximum atomic E-state index is 13.8. The van der Waals surface area contributed by atoms with Crippen LogP contribution >= 0.6 is 0 Å². The third-order valence-electron chi connectivity index (χ3n) is 4.80. The summed E-state index contributed by atoms with van der Waals surface area (Å²) in [6, 6.07) is 15.3. The summed E-state index contributed by atoms with van der Waals surface area (Å²) < 4.78 is 37.4. The first kappa shape index (κ1) is 19.8. The molecule has 5 nitrogen and oxygen atoms in total. The van der Waals surface area contributed by atoms with Gasteiger partial charge >= 0.3 is 18.0 Å². The molecule has 0 saturated heterocycles. The number of benzene rings is 2. The fraction of sp³-hybridized carbons (Fsp3) is 0.333. The van der Waals surface area contributed by atoms with Gasteiger partial charge in [-0.2, -0.15) is 8.78 Å². The molecule has 1 aliphatic rings. The summed E-state index contributed by atoms with van der Waals surface area (Å²) in [7, 11) is 0. The number of rotatable bonds is 6. The van der Waals surface area contributed by atoms with E-state index in [0.717, 1.165) is 22.3 Å². The van der Waals surface area contributed by atoms with Crippen LogP contribution in [0.2, 0.25) is 0 Å². The molecule has 1 N–H and O–H groups in total. The molecule has 0 saturated carbocycles. The van der Waals surface area contributed by atoms with Crippen LogP contribution in [0, 0.1) is 5.92 Å². The molecule has 148 valence electrons. The second-order valence-electron chi connectivity index (χ2n) is 7.00. The number of halogens is 2. The standard InChI is InChI=1S/C21H20F2O5/c1-12(2)18(21(22,23)19(24)25)28-20(26)27-11-17-15-9-5-3-7-13(15)14-8-4-6-10-16(14)17/h3-10,12,17-18H,11H2,1-2H3,(H,24,25). The minimum Gasteiger partial charge on any atom is -0.477 e. The van der Waals surface area contributed by atoms with Gasteiger partial charge in [0, 0.05) is 5.92 Å². The van der Waals surface area contributed by atoms with Gasteiger partial charge in [-0.3, -0.25) is 0 Å².